The number of benzene rings is 1. The van der Waals surface area contributed by atoms with Crippen LogP contribution < -0.4 is 19.9 Å². The van der Waals surface area contributed by atoms with Gasteiger partial charge in [0, 0.05) is 44.7 Å². The van der Waals surface area contributed by atoms with E-state index in [-0.39, 0.29) is 37.3 Å². The van der Waals surface area contributed by atoms with Crippen LogP contribution in [0, 0.1) is 5.92 Å². The lowest BCUT2D eigenvalue weighted by Crippen LogP contribution is -2.46. The zero-order valence-electron chi connectivity index (χ0n) is 22.7. The van der Waals surface area contributed by atoms with Crippen LogP contribution in [0.15, 0.2) is 12.1 Å². The van der Waals surface area contributed by atoms with Crippen molar-refractivity contribution in [3.63, 3.8) is 0 Å². The molecule has 10 heteroatoms. The number of amides is 1. The summed E-state index contributed by atoms with van der Waals surface area (Å²) in [6.07, 6.45) is 6.65. The molecule has 0 bridgehead atoms. The summed E-state index contributed by atoms with van der Waals surface area (Å²) in [5, 5.41) is 10.5. The molecule has 3 N–H and O–H groups in total. The molecule has 38 heavy (non-hydrogen) atoms. The Morgan fingerprint density at radius 3 is 2.74 bits per heavy atom. The molecule has 4 atom stereocenters. The second-order valence-electron chi connectivity index (χ2n) is 10.5. The van der Waals surface area contributed by atoms with Crippen molar-refractivity contribution in [2.45, 2.75) is 69.9 Å². The fourth-order valence-corrected chi connectivity index (χ4v) is 6.09. The van der Waals surface area contributed by atoms with Crippen molar-refractivity contribution in [2.24, 2.45) is 11.7 Å². The van der Waals surface area contributed by atoms with Gasteiger partial charge in [0.1, 0.15) is 0 Å². The molecule has 0 spiro atoms. The molecular weight excluding hydrogens is 490 g/mol. The average molecular weight is 534 g/mol. The molecule has 10 nitrogen and oxygen atoms in total. The number of nitrogens with two attached hydrogens (primary N) is 1. The zero-order valence-corrected chi connectivity index (χ0v) is 22.7. The molecule has 1 aromatic carbocycles. The quantitative estimate of drug-likeness (QED) is 0.394. The van der Waals surface area contributed by atoms with Crippen molar-refractivity contribution in [1.82, 2.24) is 9.80 Å². The van der Waals surface area contributed by atoms with Crippen molar-refractivity contribution >= 4 is 11.9 Å². The lowest BCUT2D eigenvalue weighted by molar-refractivity contribution is -0.144. The third kappa shape index (κ3) is 6.52. The SMILES string of the molecule is CCCCN(CCN)C(=O)CN1C[C@H](c2cc(OC)c3c(c2)OCO3)[C@@H](C(=O)O)[C@@H]1CCC1CCCCO1. The molecule has 0 aromatic heterocycles. The largest absolute Gasteiger partial charge is 0.493 e. The Morgan fingerprint density at radius 1 is 1.21 bits per heavy atom. The third-order valence-corrected chi connectivity index (χ3v) is 8.07. The van der Waals surface area contributed by atoms with E-state index in [1.165, 1.54) is 0 Å². The lowest BCUT2D eigenvalue weighted by atomic mass is 9.83. The van der Waals surface area contributed by atoms with E-state index < -0.39 is 11.9 Å². The highest BCUT2D eigenvalue weighted by Gasteiger charge is 2.47. The standard InChI is InChI=1S/C28H43N3O7/c1-3-4-11-30(12-10-29)25(32)17-31-16-21(19-14-23(35-2)27-24(15-19)37-18-38-27)26(28(33)34)22(31)9-8-20-7-5-6-13-36-20/h14-15,20-22,26H,3-13,16-18,29H2,1-2H3,(H,33,34)/t20?,21-,22+,26-/m1/s1. The van der Waals surface area contributed by atoms with Gasteiger partial charge < -0.3 is 34.7 Å². The molecule has 1 unspecified atom stereocenters. The minimum atomic E-state index is -0.860. The third-order valence-electron chi connectivity index (χ3n) is 8.07. The average Bonchev–Trinajstić information content (AvgIpc) is 3.54. The van der Waals surface area contributed by atoms with E-state index in [2.05, 4.69) is 11.8 Å². The van der Waals surface area contributed by atoms with Crippen LogP contribution in [0.1, 0.15) is 63.4 Å². The van der Waals surface area contributed by atoms with Gasteiger partial charge in [-0.2, -0.15) is 0 Å². The van der Waals surface area contributed by atoms with Crippen LogP contribution >= 0.6 is 0 Å². The Morgan fingerprint density at radius 2 is 2.05 bits per heavy atom. The molecule has 0 aliphatic carbocycles. The van der Waals surface area contributed by atoms with Gasteiger partial charge in [-0.3, -0.25) is 14.5 Å². The van der Waals surface area contributed by atoms with E-state index in [1.807, 2.05) is 17.0 Å². The number of ether oxygens (including phenoxy) is 4. The molecule has 4 rings (SSSR count). The molecule has 3 aliphatic rings. The topological polar surface area (TPSA) is 124 Å². The summed E-state index contributed by atoms with van der Waals surface area (Å²) >= 11 is 0. The minimum Gasteiger partial charge on any atom is -0.493 e. The number of carbonyl (C=O) groups is 2. The van der Waals surface area contributed by atoms with Crippen LogP contribution in [-0.4, -0.2) is 92.2 Å². The number of hydrogen-bond acceptors (Lipinski definition) is 8. The first-order valence-electron chi connectivity index (χ1n) is 14.0. The van der Waals surface area contributed by atoms with E-state index in [0.29, 0.717) is 49.8 Å². The number of unbranched alkanes of at least 4 members (excludes halogenated alkanes) is 1. The summed E-state index contributed by atoms with van der Waals surface area (Å²) in [4.78, 5) is 30.1. The minimum absolute atomic E-state index is 0.00382. The second kappa shape index (κ2) is 13.5. The maximum absolute atomic E-state index is 13.4. The summed E-state index contributed by atoms with van der Waals surface area (Å²) in [5.74, 6) is -0.271. The molecular formula is C28H43N3O7. The van der Waals surface area contributed by atoms with Gasteiger partial charge in [0.15, 0.2) is 11.5 Å². The maximum Gasteiger partial charge on any atom is 0.308 e. The second-order valence-corrected chi connectivity index (χ2v) is 10.5. The number of hydrogen-bond donors (Lipinski definition) is 2. The van der Waals surface area contributed by atoms with Crippen LogP contribution in [0.25, 0.3) is 0 Å². The first kappa shape index (κ1) is 28.4. The number of rotatable bonds is 13. The Labute approximate surface area is 225 Å². The lowest BCUT2D eigenvalue weighted by Gasteiger charge is -2.31. The number of methoxy groups -OCH3 is 1. The van der Waals surface area contributed by atoms with Crippen molar-refractivity contribution in [1.29, 1.82) is 0 Å². The van der Waals surface area contributed by atoms with Crippen molar-refractivity contribution in [3.05, 3.63) is 17.7 Å². The molecule has 3 heterocycles. The van der Waals surface area contributed by atoms with E-state index in [9.17, 15) is 14.7 Å². The van der Waals surface area contributed by atoms with Crippen molar-refractivity contribution in [2.75, 3.05) is 53.2 Å². The van der Waals surface area contributed by atoms with E-state index in [1.54, 1.807) is 7.11 Å². The summed E-state index contributed by atoms with van der Waals surface area (Å²) in [6.45, 7) is 5.12. The summed E-state index contributed by atoms with van der Waals surface area (Å²) in [7, 11) is 1.56. The van der Waals surface area contributed by atoms with Gasteiger partial charge >= 0.3 is 5.97 Å². The highest BCUT2D eigenvalue weighted by molar-refractivity contribution is 5.79. The predicted octanol–water partition coefficient (Wildman–Crippen LogP) is 2.83. The predicted molar refractivity (Wildman–Crippen MR) is 142 cm³/mol. The van der Waals surface area contributed by atoms with Gasteiger partial charge in [-0.15, -0.1) is 0 Å². The monoisotopic (exact) mass is 533 g/mol. The number of carboxylic acids is 1. The van der Waals surface area contributed by atoms with Gasteiger partial charge in [-0.05, 0) is 56.2 Å². The highest BCUT2D eigenvalue weighted by atomic mass is 16.7. The Hall–Kier alpha value is -2.56. The molecule has 3 aliphatic heterocycles. The Balaban J connectivity index is 1.60. The van der Waals surface area contributed by atoms with E-state index >= 15 is 0 Å². The molecule has 0 saturated carbocycles. The maximum atomic E-state index is 13.4. The molecule has 2 saturated heterocycles. The molecule has 212 valence electrons. The molecule has 1 aromatic rings. The highest BCUT2D eigenvalue weighted by Crippen LogP contribution is 2.47. The van der Waals surface area contributed by atoms with Crippen LogP contribution in [0.2, 0.25) is 0 Å². The number of carbonyl (C=O) groups excluding carboxylic acids is 1. The fraction of sp³-hybridized carbons (Fsp3) is 0.714. The number of fused-ring (bicyclic) bond motifs is 1. The van der Waals surface area contributed by atoms with Gasteiger partial charge in [-0.1, -0.05) is 13.3 Å². The molecule has 1 amide bonds. The van der Waals surface area contributed by atoms with Crippen molar-refractivity contribution < 1.29 is 33.6 Å². The normalized spacial score (nSPS) is 24.9. The summed E-state index contributed by atoms with van der Waals surface area (Å²) < 4.78 is 22.7. The van der Waals surface area contributed by atoms with E-state index in [0.717, 1.165) is 50.7 Å². The van der Waals surface area contributed by atoms with Crippen molar-refractivity contribution in [3.8, 4) is 17.2 Å². The Bertz CT molecular complexity index is 953. The summed E-state index contributed by atoms with van der Waals surface area (Å²) in [5.41, 5.74) is 6.62. The van der Waals surface area contributed by atoms with Gasteiger partial charge in [-0.25, -0.2) is 0 Å². The van der Waals surface area contributed by atoms with E-state index in [4.69, 9.17) is 24.7 Å². The first-order valence-corrected chi connectivity index (χ1v) is 14.0. The number of aliphatic carboxylic acids is 1. The van der Waals surface area contributed by atoms with Gasteiger partial charge in [0.05, 0.1) is 25.7 Å². The zero-order chi connectivity index (χ0) is 27.1. The fourth-order valence-electron chi connectivity index (χ4n) is 6.09. The number of carboxylic acid groups (broad SMARTS) is 1. The smallest absolute Gasteiger partial charge is 0.308 e. The van der Waals surface area contributed by atoms with Crippen LogP contribution in [0.5, 0.6) is 17.2 Å². The van der Waals surface area contributed by atoms with Gasteiger partial charge in [0.2, 0.25) is 18.4 Å². The van der Waals surface area contributed by atoms with Crippen LogP contribution in [0.4, 0.5) is 0 Å². The van der Waals surface area contributed by atoms with Crippen LogP contribution in [-0.2, 0) is 14.3 Å². The summed E-state index contributed by atoms with van der Waals surface area (Å²) in [6, 6.07) is 3.41. The van der Waals surface area contributed by atoms with Gasteiger partial charge in [0.25, 0.3) is 0 Å². The first-order chi connectivity index (χ1) is 18.5. The molecule has 2 fully saturated rings. The number of likely N-dealkylation sites (tertiary alicyclic amines) is 1. The van der Waals surface area contributed by atoms with Crippen LogP contribution in [0.3, 0.4) is 0 Å². The number of nitrogens with zero attached hydrogens (tertiary/aromatic N) is 2. The molecule has 0 radical (unpaired) electrons. The Kier molecular flexibility index (Phi) is 10.1.